The van der Waals surface area contributed by atoms with Gasteiger partial charge < -0.3 is 4.90 Å². The van der Waals surface area contributed by atoms with Crippen molar-refractivity contribution in [1.82, 2.24) is 25.5 Å². The van der Waals surface area contributed by atoms with Crippen molar-refractivity contribution in [2.75, 3.05) is 18.4 Å². The first-order chi connectivity index (χ1) is 14.4. The summed E-state index contributed by atoms with van der Waals surface area (Å²) in [4.78, 5) is 50.4. The van der Waals surface area contributed by atoms with E-state index >= 15 is 0 Å². The molecule has 11 heteroatoms. The Bertz CT molecular complexity index is 790. The zero-order valence-corrected chi connectivity index (χ0v) is 17.0. The molecule has 1 aromatic rings. The predicted molar refractivity (Wildman–Crippen MR) is 105 cm³/mol. The van der Waals surface area contributed by atoms with E-state index in [-0.39, 0.29) is 30.6 Å². The molecule has 1 aliphatic carbocycles. The average molecular weight is 420 g/mol. The summed E-state index contributed by atoms with van der Waals surface area (Å²) in [6.45, 7) is 2.08. The smallest absolute Gasteiger partial charge is 0.327 e. The average Bonchev–Trinajstić information content (AvgIpc) is 3.47. The molecule has 0 radical (unpaired) electrons. The van der Waals surface area contributed by atoms with Crippen molar-refractivity contribution in [2.24, 2.45) is 11.8 Å². The molecule has 164 valence electrons. The molecule has 2 atom stereocenters. The summed E-state index contributed by atoms with van der Waals surface area (Å²) in [5.74, 6) is -1.05. The highest BCUT2D eigenvalue weighted by molar-refractivity contribution is 6.03. The number of carbonyl (C=O) groups excluding carboxylic acids is 4. The standard InChI is InChI=1S/C19H28N6O5/c1-12-9-16(23-22-12)20-19(29)21-17(27)15-7-4-8-25(15)18(28)14(10-24(30)11-26)13-5-2-3-6-13/h9,11,13-15,30H,2-8,10H2,1H3,(H3,20,21,22,23,27,29)/t14?,15-/m0/s1. The largest absolute Gasteiger partial charge is 0.330 e. The number of urea groups is 1. The zero-order chi connectivity index (χ0) is 21.7. The molecule has 4 N–H and O–H groups in total. The zero-order valence-electron chi connectivity index (χ0n) is 17.0. The molecule has 2 aliphatic rings. The van der Waals surface area contributed by atoms with Gasteiger partial charge in [0.25, 0.3) is 5.91 Å². The Morgan fingerprint density at radius 1 is 1.33 bits per heavy atom. The topological polar surface area (TPSA) is 148 Å². The van der Waals surface area contributed by atoms with Gasteiger partial charge in [0, 0.05) is 18.3 Å². The van der Waals surface area contributed by atoms with Crippen molar-refractivity contribution in [3.63, 3.8) is 0 Å². The number of carbonyl (C=O) groups is 4. The highest BCUT2D eigenvalue weighted by Gasteiger charge is 2.41. The Balaban J connectivity index is 1.64. The van der Waals surface area contributed by atoms with Crippen molar-refractivity contribution in [3.05, 3.63) is 11.8 Å². The molecule has 0 aromatic carbocycles. The van der Waals surface area contributed by atoms with Gasteiger partial charge in [-0.2, -0.15) is 5.10 Å². The second kappa shape index (κ2) is 9.70. The highest BCUT2D eigenvalue weighted by Crippen LogP contribution is 2.34. The number of imide groups is 1. The summed E-state index contributed by atoms with van der Waals surface area (Å²) < 4.78 is 0. The monoisotopic (exact) mass is 420 g/mol. The van der Waals surface area contributed by atoms with E-state index in [1.165, 1.54) is 4.90 Å². The second-order valence-electron chi connectivity index (χ2n) is 7.95. The molecular formula is C19H28N6O5. The van der Waals surface area contributed by atoms with E-state index in [2.05, 4.69) is 20.8 Å². The first-order valence-corrected chi connectivity index (χ1v) is 10.2. The fourth-order valence-corrected chi connectivity index (χ4v) is 4.37. The van der Waals surface area contributed by atoms with Crippen LogP contribution >= 0.6 is 0 Å². The lowest BCUT2D eigenvalue weighted by Crippen LogP contribution is -2.52. The lowest BCUT2D eigenvalue weighted by atomic mass is 9.89. The van der Waals surface area contributed by atoms with E-state index in [9.17, 15) is 24.4 Å². The third kappa shape index (κ3) is 5.15. The lowest BCUT2D eigenvalue weighted by molar-refractivity contribution is -0.159. The highest BCUT2D eigenvalue weighted by atomic mass is 16.5. The molecular weight excluding hydrogens is 392 g/mol. The summed E-state index contributed by atoms with van der Waals surface area (Å²) in [6.07, 6.45) is 5.05. The summed E-state index contributed by atoms with van der Waals surface area (Å²) in [7, 11) is 0. The van der Waals surface area contributed by atoms with Crippen LogP contribution in [0.1, 0.15) is 44.2 Å². The Morgan fingerprint density at radius 3 is 2.70 bits per heavy atom. The first-order valence-electron chi connectivity index (χ1n) is 10.2. The maximum absolute atomic E-state index is 13.3. The third-order valence-corrected chi connectivity index (χ3v) is 5.81. The van der Waals surface area contributed by atoms with Gasteiger partial charge in [0.15, 0.2) is 5.82 Å². The Hall–Kier alpha value is -2.95. The first kappa shape index (κ1) is 21.8. The molecule has 3 rings (SSSR count). The van der Waals surface area contributed by atoms with E-state index < -0.39 is 23.9 Å². The number of nitrogens with zero attached hydrogens (tertiary/aromatic N) is 3. The number of hydrogen-bond acceptors (Lipinski definition) is 6. The van der Waals surface area contributed by atoms with Crippen molar-refractivity contribution >= 4 is 30.1 Å². The SMILES string of the molecule is Cc1cc(NC(=O)NC(=O)[C@@H]2CCCN2C(=O)C(CN(O)C=O)C2CCCC2)n[nH]1. The molecule has 2 heterocycles. The number of H-pyrrole nitrogens is 1. The van der Waals surface area contributed by atoms with Gasteiger partial charge in [-0.3, -0.25) is 35.3 Å². The Kier molecular flexibility index (Phi) is 7.03. The number of amides is 5. The maximum Gasteiger partial charge on any atom is 0.327 e. The number of aromatic nitrogens is 2. The number of hydrogen-bond donors (Lipinski definition) is 4. The van der Waals surface area contributed by atoms with E-state index in [1.807, 2.05) is 0 Å². The van der Waals surface area contributed by atoms with Crippen LogP contribution in [0.5, 0.6) is 0 Å². The molecule has 1 aromatic heterocycles. The van der Waals surface area contributed by atoms with Gasteiger partial charge in [-0.1, -0.05) is 12.8 Å². The third-order valence-electron chi connectivity index (χ3n) is 5.81. The number of likely N-dealkylation sites (tertiary alicyclic amines) is 1. The van der Waals surface area contributed by atoms with Gasteiger partial charge in [-0.25, -0.2) is 9.86 Å². The minimum atomic E-state index is -0.767. The van der Waals surface area contributed by atoms with E-state index in [0.29, 0.717) is 24.4 Å². The van der Waals surface area contributed by atoms with Gasteiger partial charge >= 0.3 is 6.03 Å². The molecule has 1 unspecified atom stereocenters. The maximum atomic E-state index is 13.3. The van der Waals surface area contributed by atoms with Crippen molar-refractivity contribution in [1.29, 1.82) is 0 Å². The van der Waals surface area contributed by atoms with Crippen molar-refractivity contribution in [3.8, 4) is 0 Å². The minimum Gasteiger partial charge on any atom is -0.330 e. The van der Waals surface area contributed by atoms with Crippen molar-refractivity contribution < 1.29 is 24.4 Å². The van der Waals surface area contributed by atoms with Gasteiger partial charge in [0.05, 0.1) is 12.5 Å². The minimum absolute atomic E-state index is 0.0580. The molecule has 0 bridgehead atoms. The molecule has 1 saturated heterocycles. The Labute approximate surface area is 174 Å². The quantitative estimate of drug-likeness (QED) is 0.294. The van der Waals surface area contributed by atoms with Gasteiger partial charge in [-0.15, -0.1) is 0 Å². The van der Waals surface area contributed by atoms with E-state index in [0.717, 1.165) is 31.4 Å². The molecule has 2 fully saturated rings. The summed E-state index contributed by atoms with van der Waals surface area (Å²) in [5, 5.41) is 21.5. The Morgan fingerprint density at radius 2 is 2.07 bits per heavy atom. The van der Waals surface area contributed by atoms with Gasteiger partial charge in [0.2, 0.25) is 12.3 Å². The van der Waals surface area contributed by atoms with Crippen LogP contribution in [0.2, 0.25) is 0 Å². The van der Waals surface area contributed by atoms with Gasteiger partial charge in [0.1, 0.15) is 6.04 Å². The predicted octanol–water partition coefficient (Wildman–Crippen LogP) is 1.01. The van der Waals surface area contributed by atoms with Crippen LogP contribution in [0.25, 0.3) is 0 Å². The van der Waals surface area contributed by atoms with Crippen LogP contribution < -0.4 is 10.6 Å². The number of aryl methyl sites for hydroxylation is 1. The van der Waals surface area contributed by atoms with Crippen LogP contribution in [0.3, 0.4) is 0 Å². The summed E-state index contributed by atoms with van der Waals surface area (Å²) in [5.41, 5.74) is 0.760. The van der Waals surface area contributed by atoms with Crippen molar-refractivity contribution in [2.45, 2.75) is 51.5 Å². The van der Waals surface area contributed by atoms with Crippen LogP contribution in [0.15, 0.2) is 6.07 Å². The molecule has 1 saturated carbocycles. The normalized spacial score (nSPS) is 20.1. The fraction of sp³-hybridized carbons (Fsp3) is 0.632. The van der Waals surface area contributed by atoms with Crippen LogP contribution in [-0.4, -0.2) is 68.8 Å². The number of anilines is 1. The second-order valence-corrected chi connectivity index (χ2v) is 7.95. The fourth-order valence-electron chi connectivity index (χ4n) is 4.37. The van der Waals surface area contributed by atoms with Crippen LogP contribution in [0, 0.1) is 18.8 Å². The number of hydroxylamine groups is 2. The molecule has 1 aliphatic heterocycles. The molecule has 30 heavy (non-hydrogen) atoms. The molecule has 0 spiro atoms. The molecule has 5 amide bonds. The van der Waals surface area contributed by atoms with Crippen LogP contribution in [0.4, 0.5) is 10.6 Å². The molecule has 11 nitrogen and oxygen atoms in total. The number of rotatable bonds is 7. The van der Waals surface area contributed by atoms with E-state index in [1.54, 1.807) is 13.0 Å². The summed E-state index contributed by atoms with van der Waals surface area (Å²) >= 11 is 0. The summed E-state index contributed by atoms with van der Waals surface area (Å²) in [6, 6.07) is 0.132. The number of nitrogens with one attached hydrogen (secondary N) is 3. The van der Waals surface area contributed by atoms with Crippen LogP contribution in [-0.2, 0) is 14.4 Å². The van der Waals surface area contributed by atoms with Gasteiger partial charge in [-0.05, 0) is 38.5 Å². The lowest BCUT2D eigenvalue weighted by Gasteiger charge is -2.31. The van der Waals surface area contributed by atoms with E-state index in [4.69, 9.17) is 0 Å². The number of aromatic amines is 1.